The summed E-state index contributed by atoms with van der Waals surface area (Å²) in [5, 5.41) is 3.40. The molecule has 1 aromatic rings. The van der Waals surface area contributed by atoms with Crippen molar-refractivity contribution in [3.8, 4) is 0 Å². The normalized spacial score (nSPS) is 20.6. The molecule has 1 N–H and O–H groups in total. The molecule has 1 amide bonds. The Morgan fingerprint density at radius 2 is 2.19 bits per heavy atom. The van der Waals surface area contributed by atoms with E-state index in [-0.39, 0.29) is 5.91 Å². The lowest BCUT2D eigenvalue weighted by Crippen LogP contribution is -2.48. The number of hydrogen-bond donors (Lipinski definition) is 1. The molecule has 1 aromatic heterocycles. The van der Waals surface area contributed by atoms with Crippen LogP contribution in [0.3, 0.4) is 0 Å². The first-order chi connectivity index (χ1) is 10.1. The predicted octanol–water partition coefficient (Wildman–Crippen LogP) is 1.06. The van der Waals surface area contributed by atoms with E-state index in [1.807, 2.05) is 29.8 Å². The molecule has 2 fully saturated rings. The first kappa shape index (κ1) is 14.4. The summed E-state index contributed by atoms with van der Waals surface area (Å²) in [5.41, 5.74) is 0. The number of amides is 1. The van der Waals surface area contributed by atoms with Gasteiger partial charge in [-0.15, -0.1) is 0 Å². The van der Waals surface area contributed by atoms with Crippen molar-refractivity contribution in [1.82, 2.24) is 14.9 Å². The fourth-order valence-electron chi connectivity index (χ4n) is 2.41. The number of nitrogens with zero attached hydrogens (tertiary/aromatic N) is 4. The van der Waals surface area contributed by atoms with Crippen LogP contribution in [0.4, 0.5) is 11.6 Å². The van der Waals surface area contributed by atoms with Crippen molar-refractivity contribution >= 4 is 29.3 Å². The first-order valence-electron chi connectivity index (χ1n) is 7.22. The summed E-state index contributed by atoms with van der Waals surface area (Å²) in [7, 11) is 1.84. The van der Waals surface area contributed by atoms with E-state index in [0.717, 1.165) is 31.3 Å². The Hall–Kier alpha value is -1.50. The van der Waals surface area contributed by atoms with Crippen molar-refractivity contribution in [2.24, 2.45) is 0 Å². The number of nitrogens with one attached hydrogen (secondary N) is 1. The lowest BCUT2D eigenvalue weighted by atomic mass is 10.3. The van der Waals surface area contributed by atoms with Gasteiger partial charge < -0.3 is 15.1 Å². The Bertz CT molecular complexity index is 534. The van der Waals surface area contributed by atoms with E-state index in [1.54, 1.807) is 11.2 Å². The van der Waals surface area contributed by atoms with Gasteiger partial charge in [-0.1, -0.05) is 0 Å². The second kappa shape index (κ2) is 5.71. The van der Waals surface area contributed by atoms with Gasteiger partial charge in [-0.2, -0.15) is 11.8 Å². The Morgan fingerprint density at radius 1 is 1.38 bits per heavy atom. The largest absolute Gasteiger partial charge is 0.369 e. The lowest BCUT2D eigenvalue weighted by Gasteiger charge is -2.32. The van der Waals surface area contributed by atoms with Crippen molar-refractivity contribution in [3.05, 3.63) is 12.4 Å². The molecule has 0 unspecified atom stereocenters. The van der Waals surface area contributed by atoms with E-state index >= 15 is 0 Å². The number of anilines is 2. The Balaban J connectivity index is 1.64. The molecule has 0 spiro atoms. The summed E-state index contributed by atoms with van der Waals surface area (Å²) in [5.74, 6) is 1.79. The molecule has 1 aliphatic carbocycles. The maximum absolute atomic E-state index is 11.8. The van der Waals surface area contributed by atoms with Crippen LogP contribution in [0.5, 0.6) is 0 Å². The van der Waals surface area contributed by atoms with Gasteiger partial charge in [0.25, 0.3) is 0 Å². The molecule has 7 heteroatoms. The highest BCUT2D eigenvalue weighted by Gasteiger charge is 2.41. The molecule has 114 valence electrons. The predicted molar refractivity (Wildman–Crippen MR) is 85.9 cm³/mol. The SMILES string of the molecule is CSC1(CNc2cc(N3CCN(C)C(=O)C3)ncn2)CC1. The van der Waals surface area contributed by atoms with Crippen molar-refractivity contribution in [2.45, 2.75) is 17.6 Å². The van der Waals surface area contributed by atoms with Crippen molar-refractivity contribution in [1.29, 1.82) is 0 Å². The average molecular weight is 307 g/mol. The van der Waals surface area contributed by atoms with Crippen LogP contribution in [-0.2, 0) is 4.79 Å². The third kappa shape index (κ3) is 3.23. The van der Waals surface area contributed by atoms with Gasteiger partial charge in [-0.25, -0.2) is 9.97 Å². The van der Waals surface area contributed by atoms with Crippen LogP contribution in [0.25, 0.3) is 0 Å². The van der Waals surface area contributed by atoms with Crippen LogP contribution in [0, 0.1) is 0 Å². The van der Waals surface area contributed by atoms with Crippen molar-refractivity contribution in [3.63, 3.8) is 0 Å². The van der Waals surface area contributed by atoms with E-state index in [9.17, 15) is 4.79 Å². The van der Waals surface area contributed by atoms with E-state index < -0.39 is 0 Å². The summed E-state index contributed by atoms with van der Waals surface area (Å²) < 4.78 is 0.398. The summed E-state index contributed by atoms with van der Waals surface area (Å²) in [6.45, 7) is 2.88. The molecule has 1 aliphatic heterocycles. The Labute approximate surface area is 129 Å². The molecule has 21 heavy (non-hydrogen) atoms. The van der Waals surface area contributed by atoms with E-state index in [4.69, 9.17) is 0 Å². The monoisotopic (exact) mass is 307 g/mol. The van der Waals surface area contributed by atoms with Crippen LogP contribution < -0.4 is 10.2 Å². The highest BCUT2D eigenvalue weighted by atomic mass is 32.2. The molecule has 0 radical (unpaired) electrons. The topological polar surface area (TPSA) is 61.4 Å². The number of rotatable bonds is 5. The Kier molecular flexibility index (Phi) is 3.93. The fourth-order valence-corrected chi connectivity index (χ4v) is 3.14. The van der Waals surface area contributed by atoms with Gasteiger partial charge in [0.2, 0.25) is 5.91 Å². The van der Waals surface area contributed by atoms with Crippen LogP contribution in [0.15, 0.2) is 12.4 Å². The minimum atomic E-state index is 0.133. The second-order valence-corrected chi connectivity index (χ2v) is 7.01. The van der Waals surface area contributed by atoms with Crippen molar-refractivity contribution in [2.75, 3.05) is 49.7 Å². The van der Waals surface area contributed by atoms with E-state index in [1.165, 1.54) is 12.8 Å². The van der Waals surface area contributed by atoms with E-state index in [0.29, 0.717) is 11.3 Å². The van der Waals surface area contributed by atoms with Crippen LogP contribution in [-0.4, -0.2) is 65.0 Å². The lowest BCUT2D eigenvalue weighted by molar-refractivity contribution is -0.129. The third-order valence-electron chi connectivity index (χ3n) is 4.27. The molecular weight excluding hydrogens is 286 g/mol. The minimum Gasteiger partial charge on any atom is -0.369 e. The number of likely N-dealkylation sites (N-methyl/N-ethyl adjacent to an activating group) is 1. The number of carbonyl (C=O) groups excluding carboxylic acids is 1. The zero-order valence-electron chi connectivity index (χ0n) is 12.5. The number of thioether (sulfide) groups is 1. The summed E-state index contributed by atoms with van der Waals surface area (Å²) in [4.78, 5) is 24.1. The molecule has 1 saturated heterocycles. The van der Waals surface area contributed by atoms with Gasteiger partial charge in [0.1, 0.15) is 18.0 Å². The summed E-state index contributed by atoms with van der Waals surface area (Å²) in [6.07, 6.45) is 6.27. The number of hydrogen-bond acceptors (Lipinski definition) is 6. The molecule has 0 bridgehead atoms. The summed E-state index contributed by atoms with van der Waals surface area (Å²) in [6, 6.07) is 1.94. The highest BCUT2D eigenvalue weighted by molar-refractivity contribution is 8.00. The molecule has 2 aliphatic rings. The van der Waals surface area contributed by atoms with Crippen LogP contribution in [0.1, 0.15) is 12.8 Å². The quantitative estimate of drug-likeness (QED) is 0.878. The average Bonchev–Trinajstić information content (AvgIpc) is 3.29. The molecule has 0 aromatic carbocycles. The van der Waals surface area contributed by atoms with Gasteiger partial charge >= 0.3 is 0 Å². The number of carbonyl (C=O) groups is 1. The molecule has 6 nitrogen and oxygen atoms in total. The number of piperazine rings is 1. The van der Waals surface area contributed by atoms with Gasteiger partial charge in [0.15, 0.2) is 0 Å². The molecule has 0 atom stereocenters. The standard InChI is InChI=1S/C14H21N5OS/c1-18-5-6-19(8-13(18)20)12-7-11(16-10-17-12)15-9-14(21-2)3-4-14/h7,10H,3-6,8-9H2,1-2H3,(H,15,16,17). The summed E-state index contributed by atoms with van der Waals surface area (Å²) >= 11 is 1.92. The molecule has 2 heterocycles. The zero-order chi connectivity index (χ0) is 14.9. The van der Waals surface area contributed by atoms with Gasteiger partial charge in [-0.3, -0.25) is 4.79 Å². The molecular formula is C14H21N5OS. The van der Waals surface area contributed by atoms with Crippen LogP contribution >= 0.6 is 11.8 Å². The minimum absolute atomic E-state index is 0.133. The van der Waals surface area contributed by atoms with Crippen molar-refractivity contribution < 1.29 is 4.79 Å². The molecule has 3 rings (SSSR count). The fraction of sp³-hybridized carbons (Fsp3) is 0.643. The van der Waals surface area contributed by atoms with Gasteiger partial charge in [0.05, 0.1) is 6.54 Å². The van der Waals surface area contributed by atoms with E-state index in [2.05, 4.69) is 21.5 Å². The molecule has 1 saturated carbocycles. The maximum atomic E-state index is 11.8. The Morgan fingerprint density at radius 3 is 2.86 bits per heavy atom. The maximum Gasteiger partial charge on any atom is 0.241 e. The second-order valence-electron chi connectivity index (χ2n) is 5.74. The smallest absolute Gasteiger partial charge is 0.241 e. The highest BCUT2D eigenvalue weighted by Crippen LogP contribution is 2.46. The number of aromatic nitrogens is 2. The first-order valence-corrected chi connectivity index (χ1v) is 8.44. The van der Waals surface area contributed by atoms with Gasteiger partial charge in [0, 0.05) is 37.5 Å². The third-order valence-corrected chi connectivity index (χ3v) is 5.68. The zero-order valence-corrected chi connectivity index (χ0v) is 13.3. The van der Waals surface area contributed by atoms with Crippen LogP contribution in [0.2, 0.25) is 0 Å². The van der Waals surface area contributed by atoms with Gasteiger partial charge in [-0.05, 0) is 19.1 Å².